The fourth-order valence-electron chi connectivity index (χ4n) is 3.35. The van der Waals surface area contributed by atoms with Gasteiger partial charge >= 0.3 is 0 Å². The fraction of sp³-hybridized carbons (Fsp3) is 0.474. The second kappa shape index (κ2) is 8.06. The lowest BCUT2D eigenvalue weighted by atomic mass is 10.1. The molecule has 1 aromatic carbocycles. The average molecular weight is 359 g/mol. The number of aromatic amines is 1. The molecule has 0 radical (unpaired) electrons. The molecule has 5 nitrogen and oxygen atoms in total. The first-order chi connectivity index (χ1) is 12.1. The maximum atomic E-state index is 12.3. The summed E-state index contributed by atoms with van der Waals surface area (Å²) in [6.07, 6.45) is 2.77. The summed E-state index contributed by atoms with van der Waals surface area (Å²) < 4.78 is 0. The van der Waals surface area contributed by atoms with Crippen molar-refractivity contribution in [1.29, 1.82) is 0 Å². The molecule has 25 heavy (non-hydrogen) atoms. The van der Waals surface area contributed by atoms with Gasteiger partial charge in [-0.05, 0) is 37.8 Å². The molecule has 0 unspecified atom stereocenters. The zero-order valence-corrected chi connectivity index (χ0v) is 16.0. The van der Waals surface area contributed by atoms with E-state index in [-0.39, 0.29) is 5.56 Å². The van der Waals surface area contributed by atoms with E-state index in [4.69, 9.17) is 0 Å². The van der Waals surface area contributed by atoms with Crippen LogP contribution in [0.5, 0.6) is 0 Å². The highest BCUT2D eigenvalue weighted by molar-refractivity contribution is 7.98. The lowest BCUT2D eigenvalue weighted by molar-refractivity contribution is 0.241. The standard InChI is InChI=1S/C19H26N4OS/c1-4-23(5-2)15-8-6-14(7-9-15)12-22-11-10-17-16(13-22)18(24)21-19(20-17)25-3/h6-9H,4-5,10-13H2,1-3H3,(H,20,21,24). The van der Waals surface area contributed by atoms with Crippen molar-refractivity contribution < 1.29 is 0 Å². The lowest BCUT2D eigenvalue weighted by Crippen LogP contribution is -2.35. The number of hydrogen-bond donors (Lipinski definition) is 1. The van der Waals surface area contributed by atoms with Crippen LogP contribution in [0.2, 0.25) is 0 Å². The maximum Gasteiger partial charge on any atom is 0.256 e. The van der Waals surface area contributed by atoms with E-state index in [1.807, 2.05) is 6.26 Å². The topological polar surface area (TPSA) is 52.2 Å². The summed E-state index contributed by atoms with van der Waals surface area (Å²) in [6, 6.07) is 8.78. The molecule has 1 N–H and O–H groups in total. The molecular weight excluding hydrogens is 332 g/mol. The molecule has 0 saturated carbocycles. The van der Waals surface area contributed by atoms with Gasteiger partial charge in [-0.25, -0.2) is 4.98 Å². The number of nitrogens with zero attached hydrogens (tertiary/aromatic N) is 3. The molecule has 1 aliphatic rings. The first kappa shape index (κ1) is 18.0. The van der Waals surface area contributed by atoms with Crippen LogP contribution < -0.4 is 10.5 Å². The van der Waals surface area contributed by atoms with E-state index in [0.29, 0.717) is 11.7 Å². The number of anilines is 1. The number of hydrogen-bond acceptors (Lipinski definition) is 5. The second-order valence-corrected chi connectivity index (χ2v) is 7.09. The normalized spacial score (nSPS) is 14.4. The van der Waals surface area contributed by atoms with Gasteiger partial charge in [0.25, 0.3) is 5.56 Å². The van der Waals surface area contributed by atoms with Crippen molar-refractivity contribution in [3.8, 4) is 0 Å². The predicted octanol–water partition coefficient (Wildman–Crippen LogP) is 2.90. The van der Waals surface area contributed by atoms with Crippen molar-refractivity contribution in [3.05, 3.63) is 51.4 Å². The van der Waals surface area contributed by atoms with Crippen LogP contribution in [-0.2, 0) is 19.5 Å². The highest BCUT2D eigenvalue weighted by Gasteiger charge is 2.21. The Morgan fingerprint density at radius 2 is 1.96 bits per heavy atom. The Hall–Kier alpha value is -1.79. The maximum absolute atomic E-state index is 12.3. The molecule has 1 aliphatic heterocycles. The molecule has 134 valence electrons. The number of nitrogens with one attached hydrogen (secondary N) is 1. The van der Waals surface area contributed by atoms with E-state index in [1.54, 1.807) is 0 Å². The molecule has 1 aromatic heterocycles. The Bertz CT molecular complexity index is 768. The zero-order valence-electron chi connectivity index (χ0n) is 15.2. The molecule has 0 atom stereocenters. The third-order valence-electron chi connectivity index (χ3n) is 4.79. The Kier molecular flexibility index (Phi) is 5.81. The quantitative estimate of drug-likeness (QED) is 0.636. The Balaban J connectivity index is 1.70. The molecule has 0 aliphatic carbocycles. The minimum atomic E-state index is 0.0101. The highest BCUT2D eigenvalue weighted by Crippen LogP contribution is 2.20. The van der Waals surface area contributed by atoms with Crippen molar-refractivity contribution in [2.75, 3.05) is 30.8 Å². The molecule has 0 bridgehead atoms. The van der Waals surface area contributed by atoms with Gasteiger partial charge in [0, 0.05) is 44.8 Å². The molecule has 0 amide bonds. The van der Waals surface area contributed by atoms with Crippen LogP contribution in [0.25, 0.3) is 0 Å². The van der Waals surface area contributed by atoms with Gasteiger partial charge in [0.1, 0.15) is 0 Å². The molecule has 2 aromatic rings. The summed E-state index contributed by atoms with van der Waals surface area (Å²) in [6.45, 7) is 8.87. The van der Waals surface area contributed by atoms with Gasteiger partial charge in [0.2, 0.25) is 0 Å². The van der Waals surface area contributed by atoms with Crippen LogP contribution >= 0.6 is 11.8 Å². The van der Waals surface area contributed by atoms with E-state index in [1.165, 1.54) is 23.0 Å². The first-order valence-corrected chi connectivity index (χ1v) is 10.1. The molecule has 6 heteroatoms. The van der Waals surface area contributed by atoms with Gasteiger partial charge in [0.05, 0.1) is 11.3 Å². The Morgan fingerprint density at radius 1 is 1.24 bits per heavy atom. The van der Waals surface area contributed by atoms with Crippen LogP contribution in [0.1, 0.15) is 30.7 Å². The number of fused-ring (bicyclic) bond motifs is 1. The van der Waals surface area contributed by atoms with Crippen LogP contribution in [0.4, 0.5) is 5.69 Å². The molecular formula is C19H26N4OS. The van der Waals surface area contributed by atoms with Crippen LogP contribution in [0.3, 0.4) is 0 Å². The highest BCUT2D eigenvalue weighted by atomic mass is 32.2. The first-order valence-electron chi connectivity index (χ1n) is 8.86. The number of H-pyrrole nitrogens is 1. The van der Waals surface area contributed by atoms with E-state index >= 15 is 0 Å². The van der Waals surface area contributed by atoms with Gasteiger partial charge in [-0.1, -0.05) is 23.9 Å². The second-order valence-electron chi connectivity index (χ2n) is 6.30. The number of benzene rings is 1. The van der Waals surface area contributed by atoms with Crippen LogP contribution in [0.15, 0.2) is 34.2 Å². The summed E-state index contributed by atoms with van der Waals surface area (Å²) >= 11 is 1.48. The van der Waals surface area contributed by atoms with Crippen molar-refractivity contribution in [3.63, 3.8) is 0 Å². The van der Waals surface area contributed by atoms with Crippen LogP contribution in [0, 0.1) is 0 Å². The summed E-state index contributed by atoms with van der Waals surface area (Å²) in [5.74, 6) is 0. The zero-order chi connectivity index (χ0) is 17.8. The summed E-state index contributed by atoms with van der Waals surface area (Å²) in [5, 5.41) is 0.712. The number of rotatable bonds is 6. The third-order valence-corrected chi connectivity index (χ3v) is 5.37. The van der Waals surface area contributed by atoms with Crippen molar-refractivity contribution in [1.82, 2.24) is 14.9 Å². The number of thioether (sulfide) groups is 1. The fourth-order valence-corrected chi connectivity index (χ4v) is 3.75. The molecule has 2 heterocycles. The van der Waals surface area contributed by atoms with E-state index in [9.17, 15) is 4.79 Å². The van der Waals surface area contributed by atoms with Gasteiger partial charge in [-0.3, -0.25) is 9.69 Å². The molecule has 0 fully saturated rings. The number of aromatic nitrogens is 2. The van der Waals surface area contributed by atoms with Crippen molar-refractivity contribution >= 4 is 17.4 Å². The SMILES string of the molecule is CCN(CC)c1ccc(CN2CCc3nc(SC)[nH]c(=O)c3C2)cc1. The largest absolute Gasteiger partial charge is 0.372 e. The lowest BCUT2D eigenvalue weighted by Gasteiger charge is -2.28. The van der Waals surface area contributed by atoms with E-state index < -0.39 is 0 Å². The minimum Gasteiger partial charge on any atom is -0.372 e. The van der Waals surface area contributed by atoms with Crippen molar-refractivity contribution in [2.24, 2.45) is 0 Å². The summed E-state index contributed by atoms with van der Waals surface area (Å²) in [4.78, 5) is 24.4. The van der Waals surface area contributed by atoms with Gasteiger partial charge in [-0.2, -0.15) is 0 Å². The van der Waals surface area contributed by atoms with Gasteiger partial charge < -0.3 is 9.88 Å². The van der Waals surface area contributed by atoms with Crippen molar-refractivity contribution in [2.45, 2.75) is 38.5 Å². The summed E-state index contributed by atoms with van der Waals surface area (Å²) in [7, 11) is 0. The third kappa shape index (κ3) is 4.07. The van der Waals surface area contributed by atoms with E-state index in [0.717, 1.165) is 43.9 Å². The molecule has 3 rings (SSSR count). The molecule has 0 saturated heterocycles. The Morgan fingerprint density at radius 3 is 2.60 bits per heavy atom. The van der Waals surface area contributed by atoms with Crippen LogP contribution in [-0.4, -0.2) is 40.8 Å². The Labute approximate surface area is 153 Å². The monoisotopic (exact) mass is 358 g/mol. The smallest absolute Gasteiger partial charge is 0.256 e. The minimum absolute atomic E-state index is 0.0101. The van der Waals surface area contributed by atoms with E-state index in [2.05, 4.69) is 57.9 Å². The summed E-state index contributed by atoms with van der Waals surface area (Å²) in [5.41, 5.74) is 4.34. The average Bonchev–Trinajstić information content (AvgIpc) is 2.64. The van der Waals surface area contributed by atoms with Gasteiger partial charge in [-0.15, -0.1) is 0 Å². The predicted molar refractivity (Wildman–Crippen MR) is 104 cm³/mol. The van der Waals surface area contributed by atoms with Gasteiger partial charge in [0.15, 0.2) is 5.16 Å². The molecule has 0 spiro atoms.